The highest BCUT2D eigenvalue weighted by atomic mass is 16.2. The Labute approximate surface area is 176 Å². The highest BCUT2D eigenvalue weighted by Crippen LogP contribution is 2.38. The van der Waals surface area contributed by atoms with Gasteiger partial charge in [0.25, 0.3) is 5.56 Å². The van der Waals surface area contributed by atoms with Crippen molar-refractivity contribution in [1.29, 1.82) is 5.26 Å². The van der Waals surface area contributed by atoms with Crippen LogP contribution < -0.4 is 16.1 Å². The number of nitrogens with zero attached hydrogens (tertiary/aromatic N) is 4. The van der Waals surface area contributed by atoms with Crippen LogP contribution in [-0.2, 0) is 0 Å². The molecule has 2 unspecified atom stereocenters. The molecule has 2 aromatic rings. The largest absolute Gasteiger partial charge is 0.371 e. The van der Waals surface area contributed by atoms with Crippen molar-refractivity contribution in [2.75, 3.05) is 31.1 Å². The van der Waals surface area contributed by atoms with E-state index in [1.54, 1.807) is 4.57 Å². The molecule has 1 saturated carbocycles. The minimum Gasteiger partial charge on any atom is -0.371 e. The van der Waals surface area contributed by atoms with Crippen LogP contribution in [0.2, 0.25) is 0 Å². The molecule has 1 aromatic heterocycles. The molecular weight excluding hydrogens is 378 g/mol. The van der Waals surface area contributed by atoms with Gasteiger partial charge >= 0.3 is 5.69 Å². The van der Waals surface area contributed by atoms with Crippen LogP contribution in [-0.4, -0.2) is 46.7 Å². The highest BCUT2D eigenvalue weighted by molar-refractivity contribution is 5.86. The highest BCUT2D eigenvalue weighted by Gasteiger charge is 2.32. The lowest BCUT2D eigenvalue weighted by atomic mass is 9.98. The van der Waals surface area contributed by atoms with Crippen LogP contribution in [0.5, 0.6) is 0 Å². The van der Waals surface area contributed by atoms with Gasteiger partial charge in [0.05, 0.1) is 17.0 Å². The molecule has 30 heavy (non-hydrogen) atoms. The molecule has 1 saturated heterocycles. The van der Waals surface area contributed by atoms with Gasteiger partial charge < -0.3 is 4.90 Å². The molecule has 2 fully saturated rings. The average molecular weight is 410 g/mol. The summed E-state index contributed by atoms with van der Waals surface area (Å²) in [4.78, 5) is 32.2. The van der Waals surface area contributed by atoms with Gasteiger partial charge in [-0.3, -0.25) is 19.2 Å². The normalized spacial score (nSPS) is 20.1. The molecule has 7 nitrogen and oxygen atoms in total. The Morgan fingerprint density at radius 2 is 2.07 bits per heavy atom. The fourth-order valence-corrected chi connectivity index (χ4v) is 5.07. The SMILES string of the molecule is CCN(CCC#N)C(C)C1CCN(c2ccc3c(=O)[nH]c(=O)n(C4CC4)c3c2C)C1. The van der Waals surface area contributed by atoms with Gasteiger partial charge in [-0.05, 0) is 63.3 Å². The van der Waals surface area contributed by atoms with Gasteiger partial charge in [-0.1, -0.05) is 6.92 Å². The molecule has 0 amide bonds. The molecule has 4 rings (SSSR count). The quantitative estimate of drug-likeness (QED) is 0.760. The summed E-state index contributed by atoms with van der Waals surface area (Å²) < 4.78 is 1.80. The molecule has 1 aliphatic carbocycles. The standard InChI is InChI=1S/C23H31N5O2/c1-4-26(12-5-11-24)16(3)17-10-13-27(14-17)20-9-8-19-21(15(20)2)28(18-6-7-18)23(30)25-22(19)29/h8-9,16-18H,4-7,10,12-14H2,1-3H3,(H,25,29,30). The van der Waals surface area contributed by atoms with E-state index in [9.17, 15) is 9.59 Å². The number of aryl methyl sites for hydroxylation is 1. The van der Waals surface area contributed by atoms with Crippen LogP contribution in [0.1, 0.15) is 51.1 Å². The van der Waals surface area contributed by atoms with Crippen LogP contribution in [0.25, 0.3) is 10.9 Å². The van der Waals surface area contributed by atoms with Gasteiger partial charge in [0.1, 0.15) is 0 Å². The van der Waals surface area contributed by atoms with E-state index >= 15 is 0 Å². The Morgan fingerprint density at radius 3 is 2.73 bits per heavy atom. The van der Waals surface area contributed by atoms with E-state index < -0.39 is 0 Å². The van der Waals surface area contributed by atoms with E-state index in [0.717, 1.165) is 62.2 Å². The van der Waals surface area contributed by atoms with Gasteiger partial charge in [-0.15, -0.1) is 0 Å². The number of benzene rings is 1. The zero-order chi connectivity index (χ0) is 21.4. The lowest BCUT2D eigenvalue weighted by Gasteiger charge is -2.32. The Bertz CT molecular complexity index is 1090. The molecule has 2 atom stereocenters. The van der Waals surface area contributed by atoms with Crippen molar-refractivity contribution in [1.82, 2.24) is 14.5 Å². The third kappa shape index (κ3) is 3.65. The predicted molar refractivity (Wildman–Crippen MR) is 119 cm³/mol. The van der Waals surface area contributed by atoms with Gasteiger partial charge in [0.15, 0.2) is 0 Å². The van der Waals surface area contributed by atoms with Gasteiger partial charge in [-0.2, -0.15) is 5.26 Å². The number of nitrogens with one attached hydrogen (secondary N) is 1. The third-order valence-corrected chi connectivity index (χ3v) is 6.98. The van der Waals surface area contributed by atoms with E-state index in [1.807, 2.05) is 19.1 Å². The summed E-state index contributed by atoms with van der Waals surface area (Å²) in [5, 5.41) is 9.53. The smallest absolute Gasteiger partial charge is 0.329 e. The van der Waals surface area contributed by atoms with Crippen LogP contribution in [0, 0.1) is 24.2 Å². The summed E-state index contributed by atoms with van der Waals surface area (Å²) in [6.07, 6.45) is 3.64. The number of fused-ring (bicyclic) bond motifs is 1. The van der Waals surface area contributed by atoms with Crippen molar-refractivity contribution >= 4 is 16.6 Å². The number of anilines is 1. The van der Waals surface area contributed by atoms with Crippen LogP contribution >= 0.6 is 0 Å². The van der Waals surface area contributed by atoms with Gasteiger partial charge in [-0.25, -0.2) is 4.79 Å². The molecule has 0 spiro atoms. The first-order chi connectivity index (χ1) is 14.5. The van der Waals surface area contributed by atoms with Crippen LogP contribution in [0.15, 0.2) is 21.7 Å². The van der Waals surface area contributed by atoms with E-state index in [1.165, 1.54) is 0 Å². The summed E-state index contributed by atoms with van der Waals surface area (Å²) in [5.74, 6) is 0.531. The molecule has 160 valence electrons. The maximum atomic E-state index is 12.5. The molecular formula is C23H31N5O2. The summed E-state index contributed by atoms with van der Waals surface area (Å²) in [5.41, 5.74) is 2.35. The Morgan fingerprint density at radius 1 is 1.30 bits per heavy atom. The molecule has 0 radical (unpaired) electrons. The van der Waals surface area contributed by atoms with Crippen LogP contribution in [0.4, 0.5) is 5.69 Å². The van der Waals surface area contributed by atoms with Crippen molar-refractivity contribution < 1.29 is 0 Å². The van der Waals surface area contributed by atoms with E-state index in [0.29, 0.717) is 23.8 Å². The van der Waals surface area contributed by atoms with Crippen molar-refractivity contribution in [3.8, 4) is 6.07 Å². The zero-order valence-corrected chi connectivity index (χ0v) is 18.1. The summed E-state index contributed by atoms with van der Waals surface area (Å²) in [7, 11) is 0. The number of hydrogen-bond acceptors (Lipinski definition) is 5. The second kappa shape index (κ2) is 8.27. The number of aromatic nitrogens is 2. The van der Waals surface area contributed by atoms with Gasteiger partial charge in [0, 0.05) is 43.8 Å². The van der Waals surface area contributed by atoms with E-state index in [4.69, 9.17) is 5.26 Å². The van der Waals surface area contributed by atoms with E-state index in [2.05, 4.69) is 34.7 Å². The molecule has 1 aromatic carbocycles. The third-order valence-electron chi connectivity index (χ3n) is 6.98. The number of nitriles is 1. The lowest BCUT2D eigenvalue weighted by molar-refractivity contribution is 0.173. The monoisotopic (exact) mass is 409 g/mol. The fourth-order valence-electron chi connectivity index (χ4n) is 5.07. The summed E-state index contributed by atoms with van der Waals surface area (Å²) >= 11 is 0. The Kier molecular flexibility index (Phi) is 5.70. The second-order valence-electron chi connectivity index (χ2n) is 8.74. The average Bonchev–Trinajstić information content (AvgIpc) is 3.44. The topological polar surface area (TPSA) is 85.1 Å². The van der Waals surface area contributed by atoms with Crippen molar-refractivity contribution in [3.05, 3.63) is 38.5 Å². The Balaban J connectivity index is 1.64. The minimum absolute atomic E-state index is 0.204. The first-order valence-corrected chi connectivity index (χ1v) is 11.1. The molecule has 1 aliphatic heterocycles. The molecule has 2 aliphatic rings. The predicted octanol–water partition coefficient (Wildman–Crippen LogP) is 2.78. The second-order valence-corrected chi connectivity index (χ2v) is 8.74. The summed E-state index contributed by atoms with van der Waals surface area (Å²) in [6.45, 7) is 10.1. The van der Waals surface area contributed by atoms with Gasteiger partial charge in [0.2, 0.25) is 0 Å². The maximum Gasteiger partial charge on any atom is 0.329 e. The number of hydrogen-bond donors (Lipinski definition) is 1. The van der Waals surface area contributed by atoms with Crippen molar-refractivity contribution in [2.45, 2.75) is 58.5 Å². The fraction of sp³-hybridized carbons (Fsp3) is 0.609. The zero-order valence-electron chi connectivity index (χ0n) is 18.1. The molecule has 2 heterocycles. The van der Waals surface area contributed by atoms with E-state index in [-0.39, 0.29) is 17.3 Å². The molecule has 0 bridgehead atoms. The maximum absolute atomic E-state index is 12.5. The number of rotatable bonds is 7. The Hall–Kier alpha value is -2.59. The molecule has 7 heteroatoms. The number of aromatic amines is 1. The lowest BCUT2D eigenvalue weighted by Crippen LogP contribution is -2.40. The first-order valence-electron chi connectivity index (χ1n) is 11.1. The first kappa shape index (κ1) is 20.7. The van der Waals surface area contributed by atoms with Crippen LogP contribution in [0.3, 0.4) is 0 Å². The number of H-pyrrole nitrogens is 1. The van der Waals surface area contributed by atoms with Crippen molar-refractivity contribution in [3.63, 3.8) is 0 Å². The minimum atomic E-state index is -0.300. The molecule has 1 N–H and O–H groups in total. The van der Waals surface area contributed by atoms with Crippen molar-refractivity contribution in [2.24, 2.45) is 5.92 Å². The summed E-state index contributed by atoms with van der Waals surface area (Å²) in [6, 6.07) is 6.79.